The van der Waals surface area contributed by atoms with Gasteiger partial charge in [0.25, 0.3) is 5.91 Å². The summed E-state index contributed by atoms with van der Waals surface area (Å²) in [5.41, 5.74) is 4.15. The number of benzene rings is 2. The molecule has 1 aromatic heterocycles. The maximum absolute atomic E-state index is 12.2. The Morgan fingerprint density at radius 2 is 1.77 bits per heavy atom. The van der Waals surface area contributed by atoms with Crippen LogP contribution >= 0.6 is 0 Å². The number of hydrogen-bond acceptors (Lipinski definition) is 1. The first-order valence-electron chi connectivity index (χ1n) is 7.54. The first-order chi connectivity index (χ1) is 10.6. The van der Waals surface area contributed by atoms with E-state index in [9.17, 15) is 4.79 Å². The highest BCUT2D eigenvalue weighted by Crippen LogP contribution is 2.14. The maximum atomic E-state index is 12.2. The Labute approximate surface area is 130 Å². The summed E-state index contributed by atoms with van der Waals surface area (Å²) in [6.07, 6.45) is 2.06. The Hall–Kier alpha value is -2.55. The first-order valence-corrected chi connectivity index (χ1v) is 7.54. The van der Waals surface area contributed by atoms with Crippen molar-refractivity contribution in [3.8, 4) is 0 Å². The zero-order valence-electron chi connectivity index (χ0n) is 13.0. The third-order valence-corrected chi connectivity index (χ3v) is 3.80. The Bertz CT molecular complexity index is 797. The standard InChI is InChI=1S/C19H20N2O/c1-14-11-15(2)13-17(12-14)19(22)20-8-10-21-9-7-16-5-3-4-6-18(16)21/h3-7,9,11-13H,8,10H2,1-2H3,(H,20,22). The van der Waals surface area contributed by atoms with Crippen LogP contribution < -0.4 is 5.32 Å². The number of amides is 1. The number of nitrogens with one attached hydrogen (secondary N) is 1. The summed E-state index contributed by atoms with van der Waals surface area (Å²) in [7, 11) is 0. The zero-order valence-corrected chi connectivity index (χ0v) is 13.0. The number of rotatable bonds is 4. The Morgan fingerprint density at radius 1 is 1.05 bits per heavy atom. The molecule has 0 unspecified atom stereocenters. The molecule has 3 rings (SSSR count). The second kappa shape index (κ2) is 6.06. The van der Waals surface area contributed by atoms with E-state index in [0.717, 1.165) is 23.2 Å². The van der Waals surface area contributed by atoms with Crippen LogP contribution in [0.3, 0.4) is 0 Å². The minimum absolute atomic E-state index is 0.0109. The number of fused-ring (bicyclic) bond motifs is 1. The van der Waals surface area contributed by atoms with Crippen molar-refractivity contribution in [2.24, 2.45) is 0 Å². The summed E-state index contributed by atoms with van der Waals surface area (Å²) in [6.45, 7) is 5.40. The predicted octanol–water partition coefficient (Wildman–Crippen LogP) is 3.69. The average molecular weight is 292 g/mol. The molecule has 3 aromatic rings. The molecular formula is C19H20N2O. The first kappa shape index (κ1) is 14.4. The van der Waals surface area contributed by atoms with E-state index >= 15 is 0 Å². The highest BCUT2D eigenvalue weighted by atomic mass is 16.1. The van der Waals surface area contributed by atoms with Gasteiger partial charge in [0.15, 0.2) is 0 Å². The van der Waals surface area contributed by atoms with Crippen molar-refractivity contribution in [2.45, 2.75) is 20.4 Å². The van der Waals surface area contributed by atoms with Gasteiger partial charge in [-0.1, -0.05) is 35.4 Å². The number of carbonyl (C=O) groups excluding carboxylic acids is 1. The van der Waals surface area contributed by atoms with E-state index in [0.29, 0.717) is 6.54 Å². The molecule has 22 heavy (non-hydrogen) atoms. The van der Waals surface area contributed by atoms with Crippen LogP contribution in [0.25, 0.3) is 10.9 Å². The van der Waals surface area contributed by atoms with Gasteiger partial charge in [-0.2, -0.15) is 0 Å². The van der Waals surface area contributed by atoms with Crippen molar-refractivity contribution in [2.75, 3.05) is 6.54 Å². The quantitative estimate of drug-likeness (QED) is 0.782. The van der Waals surface area contributed by atoms with E-state index < -0.39 is 0 Å². The van der Waals surface area contributed by atoms with Crippen LogP contribution in [0.2, 0.25) is 0 Å². The van der Waals surface area contributed by atoms with E-state index in [1.165, 1.54) is 10.9 Å². The van der Waals surface area contributed by atoms with Gasteiger partial charge in [-0.15, -0.1) is 0 Å². The molecule has 1 amide bonds. The van der Waals surface area contributed by atoms with Crippen molar-refractivity contribution in [1.82, 2.24) is 9.88 Å². The smallest absolute Gasteiger partial charge is 0.251 e. The van der Waals surface area contributed by atoms with E-state index in [-0.39, 0.29) is 5.91 Å². The van der Waals surface area contributed by atoms with E-state index in [2.05, 4.69) is 40.3 Å². The van der Waals surface area contributed by atoms with Crippen molar-refractivity contribution < 1.29 is 4.79 Å². The van der Waals surface area contributed by atoms with Crippen LogP contribution in [0, 0.1) is 13.8 Å². The van der Waals surface area contributed by atoms with Crippen LogP contribution in [0.1, 0.15) is 21.5 Å². The number of aromatic nitrogens is 1. The molecule has 0 saturated carbocycles. The van der Waals surface area contributed by atoms with Crippen LogP contribution in [0.5, 0.6) is 0 Å². The minimum atomic E-state index is -0.0109. The molecule has 0 bridgehead atoms. The number of hydrogen-bond donors (Lipinski definition) is 1. The van der Waals surface area contributed by atoms with Gasteiger partial charge in [0.1, 0.15) is 0 Å². The Balaban J connectivity index is 1.64. The normalized spacial score (nSPS) is 10.8. The lowest BCUT2D eigenvalue weighted by Crippen LogP contribution is -2.27. The van der Waals surface area contributed by atoms with E-state index in [1.807, 2.05) is 38.1 Å². The Morgan fingerprint density at radius 3 is 2.55 bits per heavy atom. The summed E-state index contributed by atoms with van der Waals surface area (Å²) in [4.78, 5) is 12.2. The molecule has 1 heterocycles. The van der Waals surface area contributed by atoms with Crippen molar-refractivity contribution in [3.63, 3.8) is 0 Å². The zero-order chi connectivity index (χ0) is 15.5. The molecule has 0 saturated heterocycles. The molecule has 0 atom stereocenters. The Kier molecular flexibility index (Phi) is 3.96. The number of aryl methyl sites for hydroxylation is 2. The summed E-state index contributed by atoms with van der Waals surface area (Å²) in [5.74, 6) is -0.0109. The third kappa shape index (κ3) is 3.03. The summed E-state index contributed by atoms with van der Waals surface area (Å²) in [6, 6.07) is 16.3. The second-order valence-electron chi connectivity index (χ2n) is 5.70. The summed E-state index contributed by atoms with van der Waals surface area (Å²) >= 11 is 0. The van der Waals surface area contributed by atoms with E-state index in [1.54, 1.807) is 0 Å². The number of carbonyl (C=O) groups is 1. The van der Waals surface area contributed by atoms with Gasteiger partial charge in [0, 0.05) is 30.4 Å². The minimum Gasteiger partial charge on any atom is -0.350 e. The van der Waals surface area contributed by atoms with E-state index in [4.69, 9.17) is 0 Å². The van der Waals surface area contributed by atoms with Crippen molar-refractivity contribution in [3.05, 3.63) is 71.4 Å². The van der Waals surface area contributed by atoms with Crippen LogP contribution in [-0.2, 0) is 6.54 Å². The molecule has 0 aliphatic rings. The SMILES string of the molecule is Cc1cc(C)cc(C(=O)NCCn2ccc3ccccc32)c1. The molecule has 1 N–H and O–H groups in total. The van der Waals surface area contributed by atoms with Gasteiger partial charge in [-0.3, -0.25) is 4.79 Å². The fourth-order valence-corrected chi connectivity index (χ4v) is 2.83. The highest BCUT2D eigenvalue weighted by Gasteiger charge is 2.06. The van der Waals surface area contributed by atoms with Gasteiger partial charge < -0.3 is 9.88 Å². The number of para-hydroxylation sites is 1. The van der Waals surface area contributed by atoms with Crippen molar-refractivity contribution >= 4 is 16.8 Å². The molecule has 3 heteroatoms. The molecule has 0 spiro atoms. The van der Waals surface area contributed by atoms with Gasteiger partial charge in [0.05, 0.1) is 0 Å². The fraction of sp³-hybridized carbons (Fsp3) is 0.211. The molecule has 0 fully saturated rings. The molecule has 2 aromatic carbocycles. The van der Waals surface area contributed by atoms with Crippen LogP contribution in [0.15, 0.2) is 54.7 Å². The lowest BCUT2D eigenvalue weighted by molar-refractivity contribution is 0.0952. The van der Waals surface area contributed by atoms with Crippen LogP contribution in [0.4, 0.5) is 0 Å². The predicted molar refractivity (Wildman–Crippen MR) is 90.2 cm³/mol. The summed E-state index contributed by atoms with van der Waals surface area (Å²) in [5, 5.41) is 4.22. The molecule has 0 aliphatic heterocycles. The summed E-state index contributed by atoms with van der Waals surface area (Å²) < 4.78 is 2.16. The number of nitrogens with zero attached hydrogens (tertiary/aromatic N) is 1. The molecular weight excluding hydrogens is 272 g/mol. The highest BCUT2D eigenvalue weighted by molar-refractivity contribution is 5.94. The monoisotopic (exact) mass is 292 g/mol. The molecule has 0 radical (unpaired) electrons. The molecule has 112 valence electrons. The largest absolute Gasteiger partial charge is 0.350 e. The lowest BCUT2D eigenvalue weighted by atomic mass is 10.1. The lowest BCUT2D eigenvalue weighted by Gasteiger charge is -2.09. The van der Waals surface area contributed by atoms with Gasteiger partial charge in [-0.05, 0) is 43.5 Å². The topological polar surface area (TPSA) is 34.0 Å². The second-order valence-corrected chi connectivity index (χ2v) is 5.70. The van der Waals surface area contributed by atoms with Gasteiger partial charge in [0.2, 0.25) is 0 Å². The fourth-order valence-electron chi connectivity index (χ4n) is 2.83. The van der Waals surface area contributed by atoms with Gasteiger partial charge >= 0.3 is 0 Å². The molecule has 0 aliphatic carbocycles. The van der Waals surface area contributed by atoms with Crippen LogP contribution in [-0.4, -0.2) is 17.0 Å². The van der Waals surface area contributed by atoms with Gasteiger partial charge in [-0.25, -0.2) is 0 Å². The third-order valence-electron chi connectivity index (χ3n) is 3.80. The van der Waals surface area contributed by atoms with Crippen molar-refractivity contribution in [1.29, 1.82) is 0 Å². The maximum Gasteiger partial charge on any atom is 0.251 e. The molecule has 3 nitrogen and oxygen atoms in total. The average Bonchev–Trinajstić information content (AvgIpc) is 2.90.